The molecule has 0 bridgehead atoms. The lowest BCUT2D eigenvalue weighted by atomic mass is 10.0. The largest absolute Gasteiger partial charge is 0.472 e. The third kappa shape index (κ3) is 43.3. The normalized spacial score (nSPS) is 14.3. The summed E-state index contributed by atoms with van der Waals surface area (Å²) in [5.74, 6) is -0.369. The van der Waals surface area contributed by atoms with Crippen LogP contribution in [0.5, 0.6) is 0 Å². The maximum Gasteiger partial charge on any atom is 0.472 e. The third-order valence-electron chi connectivity index (χ3n) is 9.34. The van der Waals surface area contributed by atoms with E-state index in [0.29, 0.717) is 24.1 Å². The molecule has 0 fully saturated rings. The number of phosphoric ester groups is 1. The molecule has 8 nitrogen and oxygen atoms in total. The second-order valence-electron chi connectivity index (χ2n) is 16.1. The number of rotatable bonds is 41. The molecule has 2 unspecified atom stereocenters. The number of esters is 1. The summed E-state index contributed by atoms with van der Waals surface area (Å²) in [6.07, 6.45) is 49.8. The van der Waals surface area contributed by atoms with Crippen LogP contribution in [0.15, 0.2) is 60.8 Å². The van der Waals surface area contributed by atoms with Crippen molar-refractivity contribution in [1.82, 2.24) is 0 Å². The molecule has 0 aliphatic heterocycles. The summed E-state index contributed by atoms with van der Waals surface area (Å²) >= 11 is 0. The Morgan fingerprint density at radius 1 is 0.571 bits per heavy atom. The molecule has 9 heteroatoms. The minimum Gasteiger partial charge on any atom is -0.457 e. The Hall–Kier alpha value is -1.80. The van der Waals surface area contributed by atoms with Crippen LogP contribution in [0.25, 0.3) is 0 Å². The van der Waals surface area contributed by atoms with Crippen molar-refractivity contribution in [1.29, 1.82) is 0 Å². The molecule has 0 saturated carbocycles. The highest BCUT2D eigenvalue weighted by molar-refractivity contribution is 7.47. The summed E-state index contributed by atoms with van der Waals surface area (Å²) in [7, 11) is 1.63. The van der Waals surface area contributed by atoms with E-state index in [1.54, 1.807) is 0 Å². The monoisotopic (exact) mass is 809 g/mol. The van der Waals surface area contributed by atoms with E-state index < -0.39 is 13.9 Å². The van der Waals surface area contributed by atoms with Gasteiger partial charge in [0, 0.05) is 13.0 Å². The van der Waals surface area contributed by atoms with E-state index >= 15 is 0 Å². The molecule has 56 heavy (non-hydrogen) atoms. The van der Waals surface area contributed by atoms with E-state index in [1.165, 1.54) is 96.3 Å². The predicted molar refractivity (Wildman–Crippen MR) is 238 cm³/mol. The van der Waals surface area contributed by atoms with Crippen LogP contribution in [-0.2, 0) is 27.9 Å². The molecule has 326 valence electrons. The van der Waals surface area contributed by atoms with Crippen LogP contribution in [0.2, 0.25) is 0 Å². The van der Waals surface area contributed by atoms with Crippen molar-refractivity contribution in [3.63, 3.8) is 0 Å². The zero-order valence-corrected chi connectivity index (χ0v) is 37.7. The van der Waals surface area contributed by atoms with Crippen molar-refractivity contribution in [3.8, 4) is 0 Å². The molecular formula is C47H87NO7P+. The summed E-state index contributed by atoms with van der Waals surface area (Å²) in [5, 5.41) is 0. The number of ether oxygens (including phenoxy) is 2. The number of nitrogens with zero attached hydrogens (tertiary/aromatic N) is 1. The number of carbonyl (C=O) groups excluding carboxylic acids is 1. The average molecular weight is 809 g/mol. The summed E-state index contributed by atoms with van der Waals surface area (Å²) in [5.41, 5.74) is 0. The first kappa shape index (κ1) is 54.2. The highest BCUT2D eigenvalue weighted by atomic mass is 31.2. The van der Waals surface area contributed by atoms with Crippen LogP contribution >= 0.6 is 7.82 Å². The Morgan fingerprint density at radius 3 is 1.48 bits per heavy atom. The van der Waals surface area contributed by atoms with Crippen LogP contribution in [0.3, 0.4) is 0 Å². The first-order valence-corrected chi connectivity index (χ1v) is 24.0. The maximum atomic E-state index is 12.7. The van der Waals surface area contributed by atoms with Crippen molar-refractivity contribution in [2.75, 3.05) is 54.1 Å². The van der Waals surface area contributed by atoms with Gasteiger partial charge in [-0.3, -0.25) is 13.8 Å². The lowest BCUT2D eigenvalue weighted by Crippen LogP contribution is -2.37. The minimum absolute atomic E-state index is 0.0767. The van der Waals surface area contributed by atoms with Crippen LogP contribution in [0.4, 0.5) is 0 Å². The van der Waals surface area contributed by atoms with E-state index in [1.807, 2.05) is 21.1 Å². The Balaban J connectivity index is 4.31. The van der Waals surface area contributed by atoms with Crippen LogP contribution < -0.4 is 0 Å². The first-order chi connectivity index (χ1) is 27.1. The van der Waals surface area contributed by atoms with E-state index in [2.05, 4.69) is 74.6 Å². The fourth-order valence-electron chi connectivity index (χ4n) is 5.88. The molecule has 2 atom stereocenters. The van der Waals surface area contributed by atoms with Crippen molar-refractivity contribution >= 4 is 13.8 Å². The zero-order chi connectivity index (χ0) is 41.3. The molecule has 0 aliphatic rings. The van der Waals surface area contributed by atoms with Gasteiger partial charge in [0.1, 0.15) is 19.3 Å². The van der Waals surface area contributed by atoms with Crippen molar-refractivity contribution in [2.45, 2.75) is 180 Å². The van der Waals surface area contributed by atoms with Gasteiger partial charge in [-0.2, -0.15) is 0 Å². The number of hydrogen-bond donors (Lipinski definition) is 1. The number of likely N-dealkylation sites (N-methyl/N-ethyl adjacent to an activating group) is 1. The van der Waals surface area contributed by atoms with Crippen LogP contribution in [0, 0.1) is 0 Å². The van der Waals surface area contributed by atoms with Gasteiger partial charge in [0.05, 0.1) is 34.4 Å². The van der Waals surface area contributed by atoms with Gasteiger partial charge in [-0.1, -0.05) is 177 Å². The topological polar surface area (TPSA) is 91.3 Å². The summed E-state index contributed by atoms with van der Waals surface area (Å²) in [6, 6.07) is 0. The fourth-order valence-corrected chi connectivity index (χ4v) is 6.62. The number of carbonyl (C=O) groups is 1. The lowest BCUT2D eigenvalue weighted by Gasteiger charge is -2.24. The number of quaternary nitrogens is 1. The highest BCUT2D eigenvalue weighted by Crippen LogP contribution is 2.43. The number of hydrogen-bond acceptors (Lipinski definition) is 6. The fraction of sp³-hybridized carbons (Fsp3) is 0.766. The number of phosphoric acid groups is 1. The smallest absolute Gasteiger partial charge is 0.457 e. The van der Waals surface area contributed by atoms with E-state index in [4.69, 9.17) is 18.5 Å². The molecule has 0 spiro atoms. The lowest BCUT2D eigenvalue weighted by molar-refractivity contribution is -0.870. The summed E-state index contributed by atoms with van der Waals surface area (Å²) < 4.78 is 35.0. The molecule has 0 aromatic heterocycles. The van der Waals surface area contributed by atoms with Crippen LogP contribution in [-0.4, -0.2) is 75.6 Å². The van der Waals surface area contributed by atoms with Crippen molar-refractivity contribution < 1.29 is 37.3 Å². The number of allylic oxidation sites excluding steroid dienone is 10. The van der Waals surface area contributed by atoms with Gasteiger partial charge in [0.2, 0.25) is 0 Å². The van der Waals surface area contributed by atoms with E-state index in [9.17, 15) is 14.3 Å². The van der Waals surface area contributed by atoms with E-state index in [-0.39, 0.29) is 32.2 Å². The molecule has 0 amide bonds. The standard InChI is InChI=1S/C47H86NO7P/c1-6-8-10-12-14-16-18-20-22-24-26-28-30-32-34-36-38-40-47(49)55-46(45-54-56(50,51)53-43-41-48(3,4)5)44-52-42-39-37-35-33-31-29-27-25-23-21-19-17-15-13-11-9-7-2/h8,10,14,16,20,22,26,28,32,34,46H,6-7,9,11-13,15,17-19,21,23-25,27,29-31,33,35-45H2,1-5H3/p+1/b10-8-,16-14-,22-20-,28-26-,34-32-. The average Bonchev–Trinajstić information content (AvgIpc) is 3.15. The highest BCUT2D eigenvalue weighted by Gasteiger charge is 2.26. The molecule has 1 N–H and O–H groups in total. The Morgan fingerprint density at radius 2 is 1.02 bits per heavy atom. The first-order valence-electron chi connectivity index (χ1n) is 22.5. The van der Waals surface area contributed by atoms with Crippen molar-refractivity contribution in [3.05, 3.63) is 60.8 Å². The van der Waals surface area contributed by atoms with Gasteiger partial charge in [-0.25, -0.2) is 4.57 Å². The third-order valence-corrected chi connectivity index (χ3v) is 10.3. The van der Waals surface area contributed by atoms with E-state index in [0.717, 1.165) is 51.4 Å². The van der Waals surface area contributed by atoms with Gasteiger partial charge in [0.25, 0.3) is 0 Å². The molecule has 0 aliphatic carbocycles. The molecule has 0 radical (unpaired) electrons. The number of unbranched alkanes of at least 4 members (excludes halogenated alkanes) is 17. The second-order valence-corrected chi connectivity index (χ2v) is 17.5. The molecule has 0 heterocycles. The molecule has 0 rings (SSSR count). The SMILES string of the molecule is CC/C=C\C/C=C\C/C=C\C/C=C\C/C=C\CCCC(=O)OC(COCCCCCCCCCCCCCCCCCCC)COP(=O)(O)OCC[N+](C)(C)C. The van der Waals surface area contributed by atoms with Crippen LogP contribution in [0.1, 0.15) is 174 Å². The van der Waals surface area contributed by atoms with Gasteiger partial charge in [0.15, 0.2) is 0 Å². The molecule has 0 aromatic rings. The maximum absolute atomic E-state index is 12.7. The Labute approximate surface area is 345 Å². The summed E-state index contributed by atoms with van der Waals surface area (Å²) in [6.45, 7) is 5.44. The van der Waals surface area contributed by atoms with Gasteiger partial charge in [-0.15, -0.1) is 0 Å². The predicted octanol–water partition coefficient (Wildman–Crippen LogP) is 13.3. The van der Waals surface area contributed by atoms with Gasteiger partial charge in [-0.05, 0) is 51.4 Å². The molecular weight excluding hydrogens is 721 g/mol. The Bertz CT molecular complexity index is 1080. The van der Waals surface area contributed by atoms with Gasteiger partial charge >= 0.3 is 13.8 Å². The molecule has 0 aromatic carbocycles. The minimum atomic E-state index is -4.29. The summed E-state index contributed by atoms with van der Waals surface area (Å²) in [4.78, 5) is 22.9. The zero-order valence-electron chi connectivity index (χ0n) is 36.9. The van der Waals surface area contributed by atoms with Crippen molar-refractivity contribution in [2.24, 2.45) is 0 Å². The Kier molecular flexibility index (Phi) is 38.7. The molecule has 0 saturated heterocycles. The quantitative estimate of drug-likeness (QED) is 0.0216. The van der Waals surface area contributed by atoms with Gasteiger partial charge < -0.3 is 18.9 Å². The second kappa shape index (κ2) is 40.0.